The fourth-order valence-corrected chi connectivity index (χ4v) is 5.83. The third-order valence-corrected chi connectivity index (χ3v) is 8.03. The van der Waals surface area contributed by atoms with Crippen LogP contribution < -0.4 is 9.80 Å². The number of rotatable bonds is 6. The van der Waals surface area contributed by atoms with Crippen LogP contribution >= 0.6 is 0 Å². The van der Waals surface area contributed by atoms with E-state index in [9.17, 15) is 13.2 Å². The van der Waals surface area contributed by atoms with Crippen molar-refractivity contribution in [2.45, 2.75) is 31.1 Å². The van der Waals surface area contributed by atoms with E-state index in [1.807, 2.05) is 35.2 Å². The quantitative estimate of drug-likeness (QED) is 0.750. The predicted octanol–water partition coefficient (Wildman–Crippen LogP) is 1.12. The van der Waals surface area contributed by atoms with E-state index in [1.165, 1.54) is 5.56 Å². The number of hydrogen-bond acceptors (Lipinski definition) is 3. The molecule has 0 bridgehead atoms. The van der Waals surface area contributed by atoms with Gasteiger partial charge in [0, 0.05) is 12.2 Å². The highest BCUT2D eigenvalue weighted by atomic mass is 32.2. The minimum atomic E-state index is -3.48. The molecule has 30 heavy (non-hydrogen) atoms. The molecule has 2 aliphatic rings. The van der Waals surface area contributed by atoms with Crippen LogP contribution in [0.1, 0.15) is 24.5 Å². The standard InChI is InChI=1S/C23H29N3O3S/c1-2-5-19-8-10-21(11-9-19)30(28,29)25-16-14-24(15-17-25)18-23(27)26-13-12-20-6-3-4-7-22(20)26/h3-4,6-11H,2,5,12-18H2,1H3/p+1. The van der Waals surface area contributed by atoms with Crippen LogP contribution in [0.3, 0.4) is 0 Å². The number of piperazine rings is 1. The first-order valence-electron chi connectivity index (χ1n) is 10.8. The third kappa shape index (κ3) is 4.29. The zero-order valence-electron chi connectivity index (χ0n) is 17.5. The molecule has 0 aliphatic carbocycles. The fraction of sp³-hybridized carbons (Fsp3) is 0.435. The van der Waals surface area contributed by atoms with Gasteiger partial charge in [-0.25, -0.2) is 8.42 Å². The highest BCUT2D eigenvalue weighted by molar-refractivity contribution is 7.89. The van der Waals surface area contributed by atoms with Gasteiger partial charge in [0.05, 0.1) is 31.1 Å². The Labute approximate surface area is 179 Å². The van der Waals surface area contributed by atoms with Crippen LogP contribution in [0.4, 0.5) is 5.69 Å². The molecule has 6 nitrogen and oxygen atoms in total. The summed E-state index contributed by atoms with van der Waals surface area (Å²) in [6, 6.07) is 15.3. The van der Waals surface area contributed by atoms with Gasteiger partial charge >= 0.3 is 0 Å². The zero-order chi connectivity index (χ0) is 21.1. The normalized spacial score (nSPS) is 17.8. The molecule has 0 radical (unpaired) electrons. The fourth-order valence-electron chi connectivity index (χ4n) is 4.39. The van der Waals surface area contributed by atoms with Crippen LogP contribution in [0.25, 0.3) is 0 Å². The number of anilines is 1. The summed E-state index contributed by atoms with van der Waals surface area (Å²) in [6.45, 7) is 5.44. The van der Waals surface area contributed by atoms with Gasteiger partial charge < -0.3 is 9.80 Å². The summed E-state index contributed by atoms with van der Waals surface area (Å²) >= 11 is 0. The zero-order valence-corrected chi connectivity index (χ0v) is 18.3. The number of carbonyl (C=O) groups excluding carboxylic acids is 1. The first kappa shape index (κ1) is 21.0. The number of para-hydroxylation sites is 1. The second-order valence-electron chi connectivity index (χ2n) is 8.15. The van der Waals surface area contributed by atoms with E-state index in [4.69, 9.17) is 0 Å². The number of quaternary nitrogens is 1. The summed E-state index contributed by atoms with van der Waals surface area (Å²) in [5.74, 6) is 0.123. The molecule has 0 aromatic heterocycles. The molecule has 7 heteroatoms. The second kappa shape index (κ2) is 8.88. The predicted molar refractivity (Wildman–Crippen MR) is 117 cm³/mol. The molecule has 2 aromatic rings. The lowest BCUT2D eigenvalue weighted by atomic mass is 10.1. The van der Waals surface area contributed by atoms with E-state index in [-0.39, 0.29) is 5.91 Å². The smallest absolute Gasteiger partial charge is 0.282 e. The molecule has 160 valence electrons. The molecular formula is C23H30N3O3S+. The topological polar surface area (TPSA) is 62.1 Å². The van der Waals surface area contributed by atoms with Gasteiger partial charge in [-0.3, -0.25) is 4.79 Å². The van der Waals surface area contributed by atoms with Gasteiger partial charge in [0.1, 0.15) is 0 Å². The van der Waals surface area contributed by atoms with Crippen molar-refractivity contribution in [1.82, 2.24) is 4.31 Å². The van der Waals surface area contributed by atoms with E-state index in [1.54, 1.807) is 16.4 Å². The number of benzene rings is 2. The molecule has 1 fully saturated rings. The summed E-state index contributed by atoms with van der Waals surface area (Å²) in [6.07, 6.45) is 2.90. The molecule has 0 saturated carbocycles. The Balaban J connectivity index is 1.34. The number of hydrogen-bond donors (Lipinski definition) is 1. The minimum Gasteiger partial charge on any atom is -0.325 e. The SMILES string of the molecule is CCCc1ccc(S(=O)(=O)N2CC[NH+](CC(=O)N3CCc4ccccc43)CC2)cc1. The largest absolute Gasteiger partial charge is 0.325 e. The molecular weight excluding hydrogens is 398 g/mol. The van der Waals surface area contributed by atoms with E-state index < -0.39 is 10.0 Å². The van der Waals surface area contributed by atoms with Gasteiger partial charge in [0.25, 0.3) is 5.91 Å². The highest BCUT2D eigenvalue weighted by Crippen LogP contribution is 2.27. The van der Waals surface area contributed by atoms with Gasteiger partial charge in [0.2, 0.25) is 10.0 Å². The Morgan fingerprint density at radius 3 is 2.40 bits per heavy atom. The second-order valence-corrected chi connectivity index (χ2v) is 10.1. The number of amides is 1. The van der Waals surface area contributed by atoms with Crippen LogP contribution in [-0.4, -0.2) is 57.9 Å². The van der Waals surface area contributed by atoms with Crippen molar-refractivity contribution >= 4 is 21.6 Å². The van der Waals surface area contributed by atoms with E-state index in [0.717, 1.165) is 42.0 Å². The summed E-state index contributed by atoms with van der Waals surface area (Å²) in [7, 11) is -3.48. The van der Waals surface area contributed by atoms with Crippen molar-refractivity contribution in [3.05, 3.63) is 59.7 Å². The van der Waals surface area contributed by atoms with Gasteiger partial charge in [-0.2, -0.15) is 4.31 Å². The monoisotopic (exact) mass is 428 g/mol. The van der Waals surface area contributed by atoms with Crippen molar-refractivity contribution in [2.75, 3.05) is 44.2 Å². The number of carbonyl (C=O) groups is 1. The highest BCUT2D eigenvalue weighted by Gasteiger charge is 2.33. The van der Waals surface area contributed by atoms with Crippen LogP contribution in [0.15, 0.2) is 53.4 Å². The van der Waals surface area contributed by atoms with Crippen molar-refractivity contribution in [2.24, 2.45) is 0 Å². The average molecular weight is 429 g/mol. The Morgan fingerprint density at radius 2 is 1.70 bits per heavy atom. The van der Waals surface area contributed by atoms with Crippen LogP contribution in [-0.2, 0) is 27.7 Å². The van der Waals surface area contributed by atoms with E-state index in [2.05, 4.69) is 13.0 Å². The van der Waals surface area contributed by atoms with Crippen LogP contribution in [0.2, 0.25) is 0 Å². The molecule has 4 rings (SSSR count). The summed E-state index contributed by atoms with van der Waals surface area (Å²) in [5.41, 5.74) is 3.41. The summed E-state index contributed by atoms with van der Waals surface area (Å²) in [5, 5.41) is 0. The maximum Gasteiger partial charge on any atom is 0.282 e. The Hall–Kier alpha value is -2.22. The van der Waals surface area contributed by atoms with Crippen molar-refractivity contribution < 1.29 is 18.1 Å². The molecule has 1 N–H and O–H groups in total. The Bertz CT molecular complexity index is 997. The summed E-state index contributed by atoms with van der Waals surface area (Å²) < 4.78 is 27.5. The van der Waals surface area contributed by atoms with E-state index in [0.29, 0.717) is 37.6 Å². The number of sulfonamides is 1. The van der Waals surface area contributed by atoms with Crippen LogP contribution in [0.5, 0.6) is 0 Å². The van der Waals surface area contributed by atoms with Gasteiger partial charge in [-0.15, -0.1) is 0 Å². The van der Waals surface area contributed by atoms with Crippen molar-refractivity contribution in [1.29, 1.82) is 0 Å². The third-order valence-electron chi connectivity index (χ3n) is 6.12. The van der Waals surface area contributed by atoms with Gasteiger partial charge in [0.15, 0.2) is 6.54 Å². The Morgan fingerprint density at radius 1 is 1.00 bits per heavy atom. The minimum absolute atomic E-state index is 0.123. The lowest BCUT2D eigenvalue weighted by Crippen LogP contribution is -3.15. The first-order valence-corrected chi connectivity index (χ1v) is 12.2. The molecule has 0 spiro atoms. The molecule has 0 unspecified atom stereocenters. The average Bonchev–Trinajstić information content (AvgIpc) is 3.19. The lowest BCUT2D eigenvalue weighted by Gasteiger charge is -2.32. The number of fused-ring (bicyclic) bond motifs is 1. The van der Waals surface area contributed by atoms with Crippen LogP contribution in [0, 0.1) is 0 Å². The number of nitrogens with zero attached hydrogens (tertiary/aromatic N) is 2. The number of aryl methyl sites for hydroxylation is 1. The lowest BCUT2D eigenvalue weighted by molar-refractivity contribution is -0.895. The first-order chi connectivity index (χ1) is 14.5. The molecule has 2 heterocycles. The molecule has 2 aliphatic heterocycles. The van der Waals surface area contributed by atoms with Crippen molar-refractivity contribution in [3.8, 4) is 0 Å². The van der Waals surface area contributed by atoms with Gasteiger partial charge in [-0.1, -0.05) is 43.7 Å². The molecule has 1 saturated heterocycles. The Kier molecular flexibility index (Phi) is 6.22. The molecule has 1 amide bonds. The van der Waals surface area contributed by atoms with Crippen molar-refractivity contribution in [3.63, 3.8) is 0 Å². The molecule has 2 aromatic carbocycles. The molecule has 0 atom stereocenters. The van der Waals surface area contributed by atoms with Gasteiger partial charge in [-0.05, 0) is 42.2 Å². The maximum atomic E-state index is 13.0. The van der Waals surface area contributed by atoms with E-state index >= 15 is 0 Å². The maximum absolute atomic E-state index is 13.0. The number of nitrogens with one attached hydrogen (secondary N) is 1. The summed E-state index contributed by atoms with van der Waals surface area (Å²) in [4.78, 5) is 16.2.